The molecule has 0 aliphatic rings. The highest BCUT2D eigenvalue weighted by Gasteiger charge is 2.73. The number of aliphatic hydroxyl groups is 1. The molecule has 218 valence electrons. The van der Waals surface area contributed by atoms with E-state index in [-0.39, 0.29) is 27.1 Å². The first-order chi connectivity index (χ1) is 18.4. The van der Waals surface area contributed by atoms with Gasteiger partial charge in [-0.15, -0.1) is 0 Å². The first kappa shape index (κ1) is 31.8. The number of hydrogen-bond donors (Lipinski definition) is 2. The third-order valence-electron chi connectivity index (χ3n) is 5.56. The van der Waals surface area contributed by atoms with Gasteiger partial charge in [-0.3, -0.25) is 0 Å². The smallest absolute Gasteiger partial charge is 0.456 e. The molecule has 0 aliphatic carbocycles. The zero-order valence-corrected chi connectivity index (χ0v) is 21.1. The number of nitrogens with one attached hydrogen (secondary N) is 1. The van der Waals surface area contributed by atoms with Crippen LogP contribution in [0.4, 0.5) is 43.9 Å². The van der Waals surface area contributed by atoms with Gasteiger partial charge in [-0.25, -0.2) is 0 Å². The van der Waals surface area contributed by atoms with Gasteiger partial charge in [0.15, 0.2) is 6.10 Å². The molecule has 3 aromatic carbocycles. The minimum Gasteiger partial charge on any atom is -0.456 e. The SMILES string of the molecule is OC(CNC(c1cccc(Oc2cccc(Cl)c2Cl)c1)c1cccc(C(F)(F)C(F)(F)C(F)(F)F)c1)C(F)(F)F. The molecule has 3 nitrogen and oxygen atoms in total. The van der Waals surface area contributed by atoms with Gasteiger partial charge in [0.25, 0.3) is 0 Å². The summed E-state index contributed by atoms with van der Waals surface area (Å²) in [5.74, 6) is -12.1. The summed E-state index contributed by atoms with van der Waals surface area (Å²) in [7, 11) is 0. The zero-order valence-electron chi connectivity index (χ0n) is 19.6. The van der Waals surface area contributed by atoms with Crippen LogP contribution >= 0.6 is 23.2 Å². The van der Waals surface area contributed by atoms with Crippen LogP contribution in [0.25, 0.3) is 0 Å². The summed E-state index contributed by atoms with van der Waals surface area (Å²) in [6.07, 6.45) is -14.6. The number of halogens is 12. The van der Waals surface area contributed by atoms with Crippen LogP contribution in [0.5, 0.6) is 11.5 Å². The van der Waals surface area contributed by atoms with E-state index >= 15 is 0 Å². The Kier molecular flexibility index (Phi) is 9.24. The lowest BCUT2D eigenvalue weighted by atomic mass is 9.93. The van der Waals surface area contributed by atoms with Crippen molar-refractivity contribution in [2.24, 2.45) is 0 Å². The molecule has 15 heteroatoms. The summed E-state index contributed by atoms with van der Waals surface area (Å²) >= 11 is 12.0. The molecule has 0 fully saturated rings. The van der Waals surface area contributed by atoms with Gasteiger partial charge >= 0.3 is 24.2 Å². The van der Waals surface area contributed by atoms with Gasteiger partial charge in [0.2, 0.25) is 0 Å². The molecule has 0 aliphatic heterocycles. The first-order valence-electron chi connectivity index (χ1n) is 11.0. The number of aliphatic hydroxyl groups excluding tert-OH is 1. The average Bonchev–Trinajstić information content (AvgIpc) is 2.86. The Hall–Kier alpha value is -2.74. The molecule has 0 heterocycles. The maximum Gasteiger partial charge on any atom is 0.460 e. The van der Waals surface area contributed by atoms with Crippen molar-refractivity contribution in [2.45, 2.75) is 36.3 Å². The molecule has 0 amide bonds. The van der Waals surface area contributed by atoms with E-state index in [1.807, 2.05) is 0 Å². The topological polar surface area (TPSA) is 41.5 Å². The molecule has 0 saturated heterocycles. The lowest BCUT2D eigenvalue weighted by molar-refractivity contribution is -0.359. The van der Waals surface area contributed by atoms with Crippen LogP contribution in [0.15, 0.2) is 66.7 Å². The van der Waals surface area contributed by atoms with Gasteiger partial charge in [0.1, 0.15) is 16.5 Å². The molecule has 0 radical (unpaired) electrons. The maximum atomic E-state index is 14.4. The van der Waals surface area contributed by atoms with Crippen molar-refractivity contribution >= 4 is 23.2 Å². The number of benzene rings is 3. The summed E-state index contributed by atoms with van der Waals surface area (Å²) < 4.78 is 139. The number of hydrogen-bond acceptors (Lipinski definition) is 3. The van der Waals surface area contributed by atoms with Gasteiger partial charge in [0, 0.05) is 12.1 Å². The summed E-state index contributed by atoms with van der Waals surface area (Å²) in [6, 6.07) is 10.5. The van der Waals surface area contributed by atoms with E-state index in [0.717, 1.165) is 12.1 Å². The molecule has 2 unspecified atom stereocenters. The highest BCUT2D eigenvalue weighted by molar-refractivity contribution is 6.42. The van der Waals surface area contributed by atoms with Crippen molar-refractivity contribution in [3.63, 3.8) is 0 Å². The summed E-state index contributed by atoms with van der Waals surface area (Å²) in [6.45, 7) is -1.20. The molecule has 40 heavy (non-hydrogen) atoms. The predicted molar refractivity (Wildman–Crippen MR) is 126 cm³/mol. The Labute approximate surface area is 230 Å². The van der Waals surface area contributed by atoms with Crippen molar-refractivity contribution in [3.05, 3.63) is 93.5 Å². The fraction of sp³-hybridized carbons (Fsp3) is 0.280. The van der Waals surface area contributed by atoms with Gasteiger partial charge in [-0.1, -0.05) is 59.6 Å². The third kappa shape index (κ3) is 6.76. The molecule has 3 rings (SSSR count). The zero-order chi connectivity index (χ0) is 30.1. The highest BCUT2D eigenvalue weighted by atomic mass is 35.5. The fourth-order valence-corrected chi connectivity index (χ4v) is 3.82. The van der Waals surface area contributed by atoms with E-state index in [1.165, 1.54) is 42.5 Å². The van der Waals surface area contributed by atoms with Gasteiger partial charge in [-0.2, -0.15) is 43.9 Å². The molecule has 3 aromatic rings. The number of rotatable bonds is 9. The normalized spacial score (nSPS) is 14.6. The minimum absolute atomic E-state index is 0.00747. The van der Waals surface area contributed by atoms with Crippen molar-refractivity contribution in [1.29, 1.82) is 0 Å². The summed E-state index contributed by atoms with van der Waals surface area (Å²) in [5.41, 5.74) is -2.15. The van der Waals surface area contributed by atoms with E-state index in [4.69, 9.17) is 27.9 Å². The second-order valence-electron chi connectivity index (χ2n) is 8.40. The van der Waals surface area contributed by atoms with Gasteiger partial charge in [0.05, 0.1) is 11.1 Å². The van der Waals surface area contributed by atoms with Crippen molar-refractivity contribution in [3.8, 4) is 11.5 Å². The fourth-order valence-electron chi connectivity index (χ4n) is 3.49. The predicted octanol–water partition coefficient (Wildman–Crippen LogP) is 8.68. The lowest BCUT2D eigenvalue weighted by Crippen LogP contribution is -2.50. The lowest BCUT2D eigenvalue weighted by Gasteiger charge is -2.29. The molecular formula is C25H17Cl2F10NO2. The highest BCUT2D eigenvalue weighted by Crippen LogP contribution is 2.52. The largest absolute Gasteiger partial charge is 0.460 e. The van der Waals surface area contributed by atoms with Crippen LogP contribution in [0.3, 0.4) is 0 Å². The quantitative estimate of drug-likeness (QED) is 0.234. The maximum absolute atomic E-state index is 14.4. The Morgan fingerprint density at radius 3 is 1.95 bits per heavy atom. The Bertz CT molecular complexity index is 1330. The first-order valence-corrected chi connectivity index (χ1v) is 11.7. The van der Waals surface area contributed by atoms with Crippen LogP contribution in [0, 0.1) is 0 Å². The molecular weight excluding hydrogens is 607 g/mol. The molecule has 2 N–H and O–H groups in total. The van der Waals surface area contributed by atoms with Crippen LogP contribution in [-0.2, 0) is 5.92 Å². The number of ether oxygens (including phenoxy) is 1. The molecule has 2 atom stereocenters. The van der Waals surface area contributed by atoms with E-state index in [2.05, 4.69) is 5.32 Å². The third-order valence-corrected chi connectivity index (χ3v) is 6.36. The monoisotopic (exact) mass is 623 g/mol. The van der Waals surface area contributed by atoms with E-state index in [0.29, 0.717) is 12.1 Å². The van der Waals surface area contributed by atoms with Crippen molar-refractivity contribution < 1.29 is 53.7 Å². The Balaban J connectivity index is 2.06. The van der Waals surface area contributed by atoms with Crippen LogP contribution in [-0.4, -0.2) is 36.0 Å². The van der Waals surface area contributed by atoms with Crippen molar-refractivity contribution in [2.75, 3.05) is 6.54 Å². The van der Waals surface area contributed by atoms with Gasteiger partial charge in [-0.05, 0) is 41.5 Å². The minimum atomic E-state index is -6.60. The Morgan fingerprint density at radius 2 is 1.35 bits per heavy atom. The summed E-state index contributed by atoms with van der Waals surface area (Å²) in [5, 5.41) is 11.9. The van der Waals surface area contributed by atoms with E-state index in [1.54, 1.807) is 0 Å². The van der Waals surface area contributed by atoms with Crippen LogP contribution < -0.4 is 10.1 Å². The van der Waals surface area contributed by atoms with Crippen LogP contribution in [0.1, 0.15) is 22.7 Å². The second-order valence-corrected chi connectivity index (χ2v) is 9.18. The second kappa shape index (κ2) is 11.6. The van der Waals surface area contributed by atoms with Gasteiger partial charge < -0.3 is 15.2 Å². The molecule has 0 saturated carbocycles. The van der Waals surface area contributed by atoms with E-state index < -0.39 is 54.0 Å². The Morgan fingerprint density at radius 1 is 0.775 bits per heavy atom. The molecule has 0 aromatic heterocycles. The van der Waals surface area contributed by atoms with Crippen molar-refractivity contribution in [1.82, 2.24) is 5.32 Å². The number of alkyl halides is 10. The molecule has 0 spiro atoms. The standard InChI is InChI=1S/C25H17Cl2F10NO2/c26-17-8-3-9-18(20(17)27)40-16-7-2-5-14(11-16)21(38-12-19(39)23(30,31)32)13-4-1-6-15(10-13)22(28,29)24(33,34)25(35,36)37/h1-11,19,21,38-39H,12H2. The van der Waals surface area contributed by atoms with Crippen LogP contribution in [0.2, 0.25) is 10.0 Å². The van der Waals surface area contributed by atoms with E-state index in [9.17, 15) is 49.0 Å². The molecule has 0 bridgehead atoms. The average molecular weight is 624 g/mol. The summed E-state index contributed by atoms with van der Waals surface area (Å²) in [4.78, 5) is 0.